The summed E-state index contributed by atoms with van der Waals surface area (Å²) >= 11 is 5.97. The van der Waals surface area contributed by atoms with Crippen molar-refractivity contribution in [1.29, 1.82) is 0 Å². The van der Waals surface area contributed by atoms with Gasteiger partial charge in [0, 0.05) is 41.0 Å². The number of aromatic nitrogens is 1. The monoisotopic (exact) mass is 499 g/mol. The molecule has 2 heterocycles. The quantitative estimate of drug-likeness (QED) is 0.308. The zero-order chi connectivity index (χ0) is 24.9. The van der Waals surface area contributed by atoms with E-state index in [0.717, 1.165) is 66.6 Å². The number of benzene rings is 3. The number of hydrogen-bond donors (Lipinski definition) is 2. The largest absolute Gasteiger partial charge is 0.396 e. The lowest BCUT2D eigenvalue weighted by atomic mass is 9.94. The Balaban J connectivity index is 1.21. The molecule has 0 aliphatic carbocycles. The van der Waals surface area contributed by atoms with Crippen LogP contribution in [0, 0.1) is 5.92 Å². The van der Waals surface area contributed by atoms with E-state index < -0.39 is 0 Å². The molecular weight excluding hydrogens is 470 g/mol. The van der Waals surface area contributed by atoms with Crippen molar-refractivity contribution in [1.82, 2.24) is 9.88 Å². The summed E-state index contributed by atoms with van der Waals surface area (Å²) in [6.07, 6.45) is 5.14. The van der Waals surface area contributed by atoms with Crippen LogP contribution >= 0.6 is 11.6 Å². The van der Waals surface area contributed by atoms with Gasteiger partial charge in [-0.15, -0.1) is 0 Å². The summed E-state index contributed by atoms with van der Waals surface area (Å²) in [7, 11) is 0. The van der Waals surface area contributed by atoms with Crippen molar-refractivity contribution in [2.75, 3.05) is 25.0 Å². The summed E-state index contributed by atoms with van der Waals surface area (Å²) in [5, 5.41) is 13.9. The molecule has 1 aliphatic rings. The molecule has 1 saturated heterocycles. The smallest absolute Gasteiger partial charge is 0.255 e. The molecular formula is C30H30ClN3O2. The predicted octanol–water partition coefficient (Wildman–Crippen LogP) is 6.40. The Morgan fingerprint density at radius 1 is 0.972 bits per heavy atom. The van der Waals surface area contributed by atoms with Crippen LogP contribution in [0.3, 0.4) is 0 Å². The molecule has 0 spiro atoms. The summed E-state index contributed by atoms with van der Waals surface area (Å²) < 4.78 is 0. The van der Waals surface area contributed by atoms with Crippen molar-refractivity contribution in [3.63, 3.8) is 0 Å². The highest BCUT2D eigenvalue weighted by Crippen LogP contribution is 2.25. The number of amides is 1. The first-order valence-corrected chi connectivity index (χ1v) is 12.8. The van der Waals surface area contributed by atoms with E-state index in [-0.39, 0.29) is 12.5 Å². The molecule has 1 aromatic heterocycles. The molecule has 1 fully saturated rings. The highest BCUT2D eigenvalue weighted by molar-refractivity contribution is 6.30. The van der Waals surface area contributed by atoms with Crippen LogP contribution in [0.5, 0.6) is 0 Å². The fourth-order valence-corrected chi connectivity index (χ4v) is 4.99. The zero-order valence-corrected chi connectivity index (χ0v) is 20.9. The first kappa shape index (κ1) is 24.4. The van der Waals surface area contributed by atoms with Crippen LogP contribution in [0.4, 0.5) is 5.69 Å². The number of aliphatic hydroxyl groups is 1. The summed E-state index contributed by atoms with van der Waals surface area (Å²) in [4.78, 5) is 19.9. The number of fused-ring (bicyclic) bond motifs is 1. The molecule has 36 heavy (non-hydrogen) atoms. The summed E-state index contributed by atoms with van der Waals surface area (Å²) in [6, 6.07) is 23.2. The lowest BCUT2D eigenvalue weighted by molar-refractivity contribution is 0.102. The minimum Gasteiger partial charge on any atom is -0.396 e. The first-order valence-electron chi connectivity index (χ1n) is 12.5. The topological polar surface area (TPSA) is 65.5 Å². The standard InChI is InChI=1S/C30H30ClN3O2/c31-27-8-5-24(6-9-27)23-1-3-25(4-2-23)30(36)33-28-10-7-26-17-22(19-32-29(26)18-28)20-34-14-11-21(12-15-34)13-16-35/h1-10,17-19,21,35H,11-16,20H2,(H,33,36). The highest BCUT2D eigenvalue weighted by Gasteiger charge is 2.19. The highest BCUT2D eigenvalue weighted by atomic mass is 35.5. The Hall–Kier alpha value is -3.25. The van der Waals surface area contributed by atoms with E-state index in [9.17, 15) is 4.79 Å². The molecule has 3 aromatic carbocycles. The van der Waals surface area contributed by atoms with E-state index in [4.69, 9.17) is 16.7 Å². The number of nitrogens with zero attached hydrogens (tertiary/aromatic N) is 2. The number of pyridine rings is 1. The molecule has 0 bridgehead atoms. The second-order valence-electron chi connectivity index (χ2n) is 9.52. The molecule has 184 valence electrons. The number of halogens is 1. The van der Waals surface area contributed by atoms with Crippen LogP contribution in [0.15, 0.2) is 79.0 Å². The lowest BCUT2D eigenvalue weighted by Gasteiger charge is -2.31. The Morgan fingerprint density at radius 2 is 1.67 bits per heavy atom. The number of anilines is 1. The van der Waals surface area contributed by atoms with Gasteiger partial charge < -0.3 is 10.4 Å². The number of nitrogens with one attached hydrogen (secondary N) is 1. The van der Waals surface area contributed by atoms with E-state index in [2.05, 4.69) is 21.3 Å². The van der Waals surface area contributed by atoms with Gasteiger partial charge in [-0.05, 0) is 97.4 Å². The summed E-state index contributed by atoms with van der Waals surface area (Å²) in [5.41, 5.74) is 5.46. The van der Waals surface area contributed by atoms with Crippen LogP contribution in [0.1, 0.15) is 35.2 Å². The van der Waals surface area contributed by atoms with Gasteiger partial charge in [-0.2, -0.15) is 0 Å². The molecule has 5 rings (SSSR count). The SMILES string of the molecule is O=C(Nc1ccc2cc(CN3CCC(CCO)CC3)cnc2c1)c1ccc(-c2ccc(Cl)cc2)cc1. The van der Waals surface area contributed by atoms with Gasteiger partial charge in [0.2, 0.25) is 0 Å². The van der Waals surface area contributed by atoms with Crippen LogP contribution in [-0.4, -0.2) is 40.6 Å². The van der Waals surface area contributed by atoms with Crippen LogP contribution in [0.2, 0.25) is 5.02 Å². The number of carbonyl (C=O) groups is 1. The molecule has 0 radical (unpaired) electrons. The molecule has 1 amide bonds. The maximum absolute atomic E-state index is 12.8. The molecule has 6 heteroatoms. The minimum absolute atomic E-state index is 0.154. The van der Waals surface area contributed by atoms with Crippen molar-refractivity contribution in [2.45, 2.75) is 25.8 Å². The first-order chi connectivity index (χ1) is 17.6. The number of piperidine rings is 1. The third kappa shape index (κ3) is 5.93. The molecule has 4 aromatic rings. The fraction of sp³-hybridized carbons (Fsp3) is 0.267. The fourth-order valence-electron chi connectivity index (χ4n) is 4.86. The minimum atomic E-state index is -0.154. The molecule has 5 nitrogen and oxygen atoms in total. The van der Waals surface area contributed by atoms with Crippen LogP contribution in [0.25, 0.3) is 22.0 Å². The van der Waals surface area contributed by atoms with Gasteiger partial charge in [0.05, 0.1) is 5.52 Å². The van der Waals surface area contributed by atoms with Gasteiger partial charge in [-0.1, -0.05) is 41.9 Å². The zero-order valence-electron chi connectivity index (χ0n) is 20.2. The lowest BCUT2D eigenvalue weighted by Crippen LogP contribution is -2.33. The number of carbonyl (C=O) groups excluding carboxylic acids is 1. The van der Waals surface area contributed by atoms with Crippen molar-refractivity contribution in [3.05, 3.63) is 95.1 Å². The van der Waals surface area contributed by atoms with Crippen molar-refractivity contribution in [3.8, 4) is 11.1 Å². The van der Waals surface area contributed by atoms with Crippen molar-refractivity contribution in [2.24, 2.45) is 5.92 Å². The van der Waals surface area contributed by atoms with Crippen molar-refractivity contribution < 1.29 is 9.90 Å². The van der Waals surface area contributed by atoms with Gasteiger partial charge in [0.1, 0.15) is 0 Å². The van der Waals surface area contributed by atoms with Gasteiger partial charge in [0.25, 0.3) is 5.91 Å². The molecule has 0 saturated carbocycles. The molecule has 1 aliphatic heterocycles. The summed E-state index contributed by atoms with van der Waals surface area (Å²) in [6.45, 7) is 3.31. The molecule has 2 N–H and O–H groups in total. The van der Waals surface area contributed by atoms with Crippen molar-refractivity contribution >= 4 is 34.1 Å². The Kier molecular flexibility index (Phi) is 7.61. The van der Waals surface area contributed by atoms with E-state index in [1.54, 1.807) is 0 Å². The number of hydrogen-bond acceptors (Lipinski definition) is 4. The molecule has 0 unspecified atom stereocenters. The summed E-state index contributed by atoms with van der Waals surface area (Å²) in [5.74, 6) is 0.495. The van der Waals surface area contributed by atoms with Gasteiger partial charge in [0.15, 0.2) is 0 Å². The van der Waals surface area contributed by atoms with E-state index >= 15 is 0 Å². The number of aliphatic hydroxyl groups excluding tert-OH is 1. The Bertz CT molecular complexity index is 1330. The Morgan fingerprint density at radius 3 is 2.36 bits per heavy atom. The number of rotatable bonds is 7. The maximum Gasteiger partial charge on any atom is 0.255 e. The van der Waals surface area contributed by atoms with Gasteiger partial charge >= 0.3 is 0 Å². The average Bonchev–Trinajstić information content (AvgIpc) is 2.90. The normalized spacial score (nSPS) is 14.7. The average molecular weight is 500 g/mol. The van der Waals surface area contributed by atoms with Crippen LogP contribution in [-0.2, 0) is 6.54 Å². The number of likely N-dealkylation sites (tertiary alicyclic amines) is 1. The third-order valence-electron chi connectivity index (χ3n) is 6.97. The predicted molar refractivity (Wildman–Crippen MR) is 146 cm³/mol. The maximum atomic E-state index is 12.8. The van der Waals surface area contributed by atoms with Gasteiger partial charge in [-0.3, -0.25) is 14.7 Å². The van der Waals surface area contributed by atoms with Crippen LogP contribution < -0.4 is 5.32 Å². The van der Waals surface area contributed by atoms with E-state index in [0.29, 0.717) is 16.5 Å². The second kappa shape index (κ2) is 11.2. The van der Waals surface area contributed by atoms with Gasteiger partial charge in [-0.25, -0.2) is 0 Å². The van der Waals surface area contributed by atoms with E-state index in [1.165, 1.54) is 5.56 Å². The van der Waals surface area contributed by atoms with E-state index in [1.807, 2.05) is 72.9 Å². The third-order valence-corrected chi connectivity index (χ3v) is 7.23. The second-order valence-corrected chi connectivity index (χ2v) is 9.96. The Labute approximate surface area is 216 Å². The molecule has 0 atom stereocenters.